The van der Waals surface area contributed by atoms with E-state index in [0.29, 0.717) is 45.2 Å². The minimum atomic E-state index is 0. The Labute approximate surface area is 201 Å². The van der Waals surface area contributed by atoms with E-state index in [1.54, 1.807) is 25.5 Å². The number of hydrogen-bond donors (Lipinski definition) is 2. The molecule has 0 aliphatic carbocycles. The maximum absolute atomic E-state index is 12.5. The SMILES string of the molecule is CN=C(NCCCOC1CCOC1)NCCC(=O)N1CCN(c2ncccn2)CC1.I. The highest BCUT2D eigenvalue weighted by Crippen LogP contribution is 2.10. The molecule has 31 heavy (non-hydrogen) atoms. The monoisotopic (exact) mass is 547 g/mol. The summed E-state index contributed by atoms with van der Waals surface area (Å²) in [5, 5.41) is 6.46. The molecule has 0 spiro atoms. The van der Waals surface area contributed by atoms with Gasteiger partial charge in [0.25, 0.3) is 0 Å². The zero-order valence-corrected chi connectivity index (χ0v) is 20.5. The number of guanidine groups is 1. The quantitative estimate of drug-likeness (QED) is 0.199. The predicted molar refractivity (Wildman–Crippen MR) is 130 cm³/mol. The van der Waals surface area contributed by atoms with Crippen molar-refractivity contribution in [3.63, 3.8) is 0 Å². The number of piperazine rings is 1. The number of rotatable bonds is 9. The zero-order chi connectivity index (χ0) is 21.0. The van der Waals surface area contributed by atoms with Crippen LogP contribution in [0.4, 0.5) is 5.95 Å². The lowest BCUT2D eigenvalue weighted by Gasteiger charge is -2.34. The first-order chi connectivity index (χ1) is 14.8. The second kappa shape index (κ2) is 14.4. The van der Waals surface area contributed by atoms with E-state index < -0.39 is 0 Å². The Morgan fingerprint density at radius 3 is 2.65 bits per heavy atom. The van der Waals surface area contributed by atoms with Crippen LogP contribution >= 0.6 is 24.0 Å². The van der Waals surface area contributed by atoms with Gasteiger partial charge < -0.3 is 29.9 Å². The average Bonchev–Trinajstić information content (AvgIpc) is 3.32. The number of amides is 1. The number of anilines is 1. The fourth-order valence-electron chi connectivity index (χ4n) is 3.45. The second-order valence-electron chi connectivity index (χ2n) is 7.30. The number of carbonyl (C=O) groups excluding carboxylic acids is 1. The summed E-state index contributed by atoms with van der Waals surface area (Å²) in [6, 6.07) is 1.80. The van der Waals surface area contributed by atoms with E-state index in [2.05, 4.69) is 30.5 Å². The number of aliphatic imine (C=N–C) groups is 1. The van der Waals surface area contributed by atoms with Crippen LogP contribution in [-0.2, 0) is 14.3 Å². The van der Waals surface area contributed by atoms with E-state index in [1.165, 1.54) is 0 Å². The number of aromatic nitrogens is 2. The van der Waals surface area contributed by atoms with Gasteiger partial charge in [-0.15, -0.1) is 24.0 Å². The van der Waals surface area contributed by atoms with Crippen LogP contribution in [0.2, 0.25) is 0 Å². The topological polar surface area (TPSA) is 104 Å². The number of nitrogens with zero attached hydrogens (tertiary/aromatic N) is 5. The lowest BCUT2D eigenvalue weighted by molar-refractivity contribution is -0.131. The third-order valence-corrected chi connectivity index (χ3v) is 5.18. The highest BCUT2D eigenvalue weighted by Gasteiger charge is 2.22. The van der Waals surface area contributed by atoms with Crippen molar-refractivity contribution in [3.05, 3.63) is 18.5 Å². The molecule has 1 aromatic rings. The largest absolute Gasteiger partial charge is 0.379 e. The van der Waals surface area contributed by atoms with Crippen molar-refractivity contribution in [3.8, 4) is 0 Å². The molecule has 11 heteroatoms. The molecule has 0 radical (unpaired) electrons. The molecule has 2 N–H and O–H groups in total. The summed E-state index contributed by atoms with van der Waals surface area (Å²) in [6.45, 7) is 6.42. The maximum atomic E-state index is 12.5. The summed E-state index contributed by atoms with van der Waals surface area (Å²) in [5.74, 6) is 1.58. The molecule has 0 bridgehead atoms. The van der Waals surface area contributed by atoms with Crippen LogP contribution in [0.25, 0.3) is 0 Å². The molecule has 0 aromatic carbocycles. The number of nitrogens with one attached hydrogen (secondary N) is 2. The summed E-state index contributed by atoms with van der Waals surface area (Å²) in [7, 11) is 1.73. The first-order valence-corrected chi connectivity index (χ1v) is 10.7. The van der Waals surface area contributed by atoms with Gasteiger partial charge in [0, 0.05) is 78.3 Å². The predicted octanol–water partition coefficient (Wildman–Crippen LogP) is 0.494. The van der Waals surface area contributed by atoms with E-state index in [9.17, 15) is 4.79 Å². The Morgan fingerprint density at radius 1 is 1.23 bits per heavy atom. The van der Waals surface area contributed by atoms with Gasteiger partial charge in [-0.2, -0.15) is 0 Å². The van der Waals surface area contributed by atoms with Gasteiger partial charge in [0.15, 0.2) is 5.96 Å². The molecule has 1 unspecified atom stereocenters. The summed E-state index contributed by atoms with van der Waals surface area (Å²) in [6.07, 6.45) is 6.04. The van der Waals surface area contributed by atoms with E-state index in [1.807, 2.05) is 4.90 Å². The molecular weight excluding hydrogens is 513 g/mol. The number of carbonyl (C=O) groups is 1. The zero-order valence-electron chi connectivity index (χ0n) is 18.2. The molecule has 1 atom stereocenters. The maximum Gasteiger partial charge on any atom is 0.225 e. The number of halogens is 1. The van der Waals surface area contributed by atoms with Gasteiger partial charge in [0.1, 0.15) is 0 Å². The van der Waals surface area contributed by atoms with Crippen molar-refractivity contribution in [1.82, 2.24) is 25.5 Å². The molecular formula is C20H34IN7O3. The normalized spacial score (nSPS) is 19.1. The molecule has 2 aliphatic heterocycles. The third-order valence-electron chi connectivity index (χ3n) is 5.18. The van der Waals surface area contributed by atoms with Crippen LogP contribution in [0, 0.1) is 0 Å². The van der Waals surface area contributed by atoms with Crippen LogP contribution in [0.5, 0.6) is 0 Å². The summed E-state index contributed by atoms with van der Waals surface area (Å²) >= 11 is 0. The lowest BCUT2D eigenvalue weighted by Crippen LogP contribution is -2.50. The van der Waals surface area contributed by atoms with Crippen molar-refractivity contribution in [2.24, 2.45) is 4.99 Å². The first-order valence-electron chi connectivity index (χ1n) is 10.7. The van der Waals surface area contributed by atoms with Gasteiger partial charge in [0.2, 0.25) is 11.9 Å². The Balaban J connectivity index is 0.00000341. The fourth-order valence-corrected chi connectivity index (χ4v) is 3.45. The van der Waals surface area contributed by atoms with Crippen LogP contribution in [0.3, 0.4) is 0 Å². The molecule has 2 aliphatic rings. The molecule has 1 amide bonds. The molecule has 3 rings (SSSR count). The van der Waals surface area contributed by atoms with Crippen LogP contribution in [-0.4, -0.2) is 99.0 Å². The van der Waals surface area contributed by atoms with E-state index in [-0.39, 0.29) is 36.0 Å². The minimum Gasteiger partial charge on any atom is -0.379 e. The number of hydrogen-bond acceptors (Lipinski definition) is 7. The smallest absolute Gasteiger partial charge is 0.225 e. The van der Waals surface area contributed by atoms with Gasteiger partial charge in [0.05, 0.1) is 12.7 Å². The standard InChI is InChI=1S/C20H33N7O3.HI/c1-21-19(22-8-3-14-30-17-5-15-29-16-17)23-9-4-18(28)26-10-12-27(13-11-26)20-24-6-2-7-25-20;/h2,6-7,17H,3-5,8-16H2,1H3,(H2,21,22,23);1H. The van der Waals surface area contributed by atoms with Crippen LogP contribution < -0.4 is 15.5 Å². The van der Waals surface area contributed by atoms with Gasteiger partial charge in [-0.05, 0) is 18.9 Å². The van der Waals surface area contributed by atoms with Crippen LogP contribution in [0.1, 0.15) is 19.3 Å². The van der Waals surface area contributed by atoms with Gasteiger partial charge in [-0.1, -0.05) is 0 Å². The molecule has 0 saturated carbocycles. The molecule has 2 fully saturated rings. The number of ether oxygens (including phenoxy) is 2. The Morgan fingerprint density at radius 2 is 1.97 bits per heavy atom. The van der Waals surface area contributed by atoms with Crippen molar-refractivity contribution in [1.29, 1.82) is 0 Å². The van der Waals surface area contributed by atoms with Crippen molar-refractivity contribution in [2.45, 2.75) is 25.4 Å². The molecule has 2 saturated heterocycles. The lowest BCUT2D eigenvalue weighted by atomic mass is 10.3. The highest BCUT2D eigenvalue weighted by molar-refractivity contribution is 14.0. The Bertz CT molecular complexity index is 666. The Kier molecular flexibility index (Phi) is 11.8. The fraction of sp³-hybridized carbons (Fsp3) is 0.700. The van der Waals surface area contributed by atoms with Gasteiger partial charge in [-0.3, -0.25) is 9.79 Å². The molecule has 174 valence electrons. The molecule has 3 heterocycles. The first kappa shape index (κ1) is 25.5. The Hall–Kier alpha value is -1.73. The average molecular weight is 547 g/mol. The highest BCUT2D eigenvalue weighted by atomic mass is 127. The molecule has 10 nitrogen and oxygen atoms in total. The molecule has 1 aromatic heterocycles. The third kappa shape index (κ3) is 8.73. The second-order valence-corrected chi connectivity index (χ2v) is 7.30. The van der Waals surface area contributed by atoms with E-state index in [4.69, 9.17) is 9.47 Å². The van der Waals surface area contributed by atoms with Crippen molar-refractivity contribution < 1.29 is 14.3 Å². The summed E-state index contributed by atoms with van der Waals surface area (Å²) in [4.78, 5) is 29.3. The van der Waals surface area contributed by atoms with Crippen LogP contribution in [0.15, 0.2) is 23.5 Å². The minimum absolute atomic E-state index is 0. The van der Waals surface area contributed by atoms with E-state index >= 15 is 0 Å². The summed E-state index contributed by atoms with van der Waals surface area (Å²) in [5.41, 5.74) is 0. The van der Waals surface area contributed by atoms with Crippen molar-refractivity contribution >= 4 is 41.8 Å². The summed E-state index contributed by atoms with van der Waals surface area (Å²) < 4.78 is 11.0. The van der Waals surface area contributed by atoms with Gasteiger partial charge >= 0.3 is 0 Å². The van der Waals surface area contributed by atoms with E-state index in [0.717, 1.165) is 45.0 Å². The van der Waals surface area contributed by atoms with Gasteiger partial charge in [-0.25, -0.2) is 9.97 Å². The van der Waals surface area contributed by atoms with Crippen molar-refractivity contribution in [2.75, 3.05) is 71.0 Å².